The Bertz CT molecular complexity index is 1780. The molecule has 7 rings (SSSR count). The first-order chi connectivity index (χ1) is 20.4. The minimum atomic E-state index is -1.61. The van der Waals surface area contributed by atoms with Crippen LogP contribution in [0.4, 0.5) is 5.69 Å². The fourth-order valence-corrected chi connectivity index (χ4v) is 7.52. The van der Waals surface area contributed by atoms with E-state index in [9.17, 15) is 14.4 Å². The second-order valence-corrected chi connectivity index (χ2v) is 11.7. The van der Waals surface area contributed by atoms with Crippen LogP contribution in [0.3, 0.4) is 0 Å². The van der Waals surface area contributed by atoms with Gasteiger partial charge in [-0.05, 0) is 29.8 Å². The van der Waals surface area contributed by atoms with E-state index in [0.29, 0.717) is 33.8 Å². The predicted octanol–water partition coefficient (Wildman–Crippen LogP) is 6.78. The lowest BCUT2D eigenvalue weighted by atomic mass is 9.64. The fraction of sp³-hybridized carbons (Fsp3) is 0.171. The minimum Gasteiger partial charge on any atom is -0.497 e. The zero-order valence-electron chi connectivity index (χ0n) is 22.9. The molecule has 0 amide bonds. The summed E-state index contributed by atoms with van der Waals surface area (Å²) < 4.78 is 12.2. The molecule has 42 heavy (non-hydrogen) atoms. The highest BCUT2D eigenvalue weighted by molar-refractivity contribution is 9.10. The average molecular weight is 620 g/mol. The maximum atomic E-state index is 14.8. The van der Waals surface area contributed by atoms with Gasteiger partial charge in [0.25, 0.3) is 0 Å². The van der Waals surface area contributed by atoms with Crippen LogP contribution in [0.5, 0.6) is 11.5 Å². The molecule has 0 N–H and O–H groups in total. The van der Waals surface area contributed by atoms with Gasteiger partial charge in [0.1, 0.15) is 23.0 Å². The molecule has 208 valence electrons. The van der Waals surface area contributed by atoms with E-state index < -0.39 is 23.4 Å². The van der Waals surface area contributed by atoms with E-state index in [1.54, 1.807) is 62.8 Å². The number of Topliss-reactive ketones (excluding diaryl/α,β-unsaturated/α-hetero) is 3. The maximum absolute atomic E-state index is 14.8. The number of halogens is 1. The first-order valence-corrected chi connectivity index (χ1v) is 14.5. The lowest BCUT2D eigenvalue weighted by Crippen LogP contribution is -2.48. The first kappa shape index (κ1) is 26.4. The number of anilines is 1. The van der Waals surface area contributed by atoms with Gasteiger partial charge in [-0.15, -0.1) is 0 Å². The van der Waals surface area contributed by atoms with Crippen molar-refractivity contribution in [2.45, 2.75) is 18.0 Å². The largest absolute Gasteiger partial charge is 0.497 e. The van der Waals surface area contributed by atoms with E-state index in [1.165, 1.54) is 0 Å². The molecule has 1 aliphatic carbocycles. The van der Waals surface area contributed by atoms with Crippen molar-refractivity contribution in [1.82, 2.24) is 0 Å². The molecule has 0 radical (unpaired) electrons. The molecular weight excluding hydrogens is 594 g/mol. The van der Waals surface area contributed by atoms with E-state index >= 15 is 0 Å². The SMILES string of the molecule is COc1ccc([C@@H]2[C@H](C(=O)c3ccccc3)N3c4ccc(Br)cc4C=C[C@H]3C23C(=O)c2ccccc2C3=O)c(OC)c1. The van der Waals surface area contributed by atoms with Crippen LogP contribution in [-0.4, -0.2) is 43.7 Å². The van der Waals surface area contributed by atoms with Crippen LogP contribution in [0.2, 0.25) is 0 Å². The van der Waals surface area contributed by atoms with E-state index in [4.69, 9.17) is 9.47 Å². The van der Waals surface area contributed by atoms with Crippen LogP contribution < -0.4 is 14.4 Å². The summed E-state index contributed by atoms with van der Waals surface area (Å²) in [5, 5.41) is 0. The summed E-state index contributed by atoms with van der Waals surface area (Å²) in [7, 11) is 3.11. The van der Waals surface area contributed by atoms with Crippen LogP contribution >= 0.6 is 15.9 Å². The quantitative estimate of drug-likeness (QED) is 0.181. The van der Waals surface area contributed by atoms with Crippen molar-refractivity contribution in [2.75, 3.05) is 19.1 Å². The first-order valence-electron chi connectivity index (χ1n) is 13.7. The van der Waals surface area contributed by atoms with Gasteiger partial charge < -0.3 is 14.4 Å². The molecule has 0 unspecified atom stereocenters. The molecule has 4 aromatic rings. The standard InChI is InChI=1S/C35H26BrNO5/c1-41-23-14-15-26(28(19-23)42-2)30-31(32(38)20-8-4-3-5-9-20)37-27-16-13-22(36)18-21(27)12-17-29(37)35(30)33(39)24-10-6-7-11-25(24)34(35)40/h3-19,29-31H,1-2H3/t29-,30+,31+/m0/s1. The molecular formula is C35H26BrNO5. The monoisotopic (exact) mass is 619 g/mol. The number of benzene rings is 4. The van der Waals surface area contributed by atoms with Gasteiger partial charge in [0, 0.05) is 44.4 Å². The molecule has 0 bridgehead atoms. The van der Waals surface area contributed by atoms with E-state index in [0.717, 1.165) is 15.7 Å². The van der Waals surface area contributed by atoms with Crippen LogP contribution in [-0.2, 0) is 0 Å². The highest BCUT2D eigenvalue weighted by atomic mass is 79.9. The van der Waals surface area contributed by atoms with E-state index in [-0.39, 0.29) is 17.3 Å². The van der Waals surface area contributed by atoms with Gasteiger partial charge in [0.15, 0.2) is 17.3 Å². The Hall–Kier alpha value is -4.49. The summed E-state index contributed by atoms with van der Waals surface area (Å²) in [6.45, 7) is 0. The van der Waals surface area contributed by atoms with Gasteiger partial charge in [0.2, 0.25) is 0 Å². The van der Waals surface area contributed by atoms with Gasteiger partial charge in [-0.3, -0.25) is 14.4 Å². The Kier molecular flexibility index (Phi) is 6.17. The summed E-state index contributed by atoms with van der Waals surface area (Å²) in [6.07, 6.45) is 3.86. The Morgan fingerprint density at radius 2 is 1.52 bits per heavy atom. The Balaban J connectivity index is 1.57. The Labute approximate surface area is 251 Å². The van der Waals surface area contributed by atoms with Gasteiger partial charge in [0.05, 0.1) is 20.3 Å². The predicted molar refractivity (Wildman–Crippen MR) is 164 cm³/mol. The van der Waals surface area contributed by atoms with Crippen molar-refractivity contribution in [3.8, 4) is 11.5 Å². The van der Waals surface area contributed by atoms with Crippen molar-refractivity contribution in [3.05, 3.63) is 129 Å². The molecule has 6 nitrogen and oxygen atoms in total. The number of hydrogen-bond acceptors (Lipinski definition) is 6. The second-order valence-electron chi connectivity index (χ2n) is 10.7. The van der Waals surface area contributed by atoms with Gasteiger partial charge >= 0.3 is 0 Å². The summed E-state index contributed by atoms with van der Waals surface area (Å²) in [6, 6.07) is 25.6. The summed E-state index contributed by atoms with van der Waals surface area (Å²) in [5.41, 5.74) is 1.92. The number of ketones is 3. The third-order valence-corrected chi connectivity index (χ3v) is 9.36. The number of fused-ring (bicyclic) bond motifs is 5. The number of hydrogen-bond donors (Lipinski definition) is 0. The third-order valence-electron chi connectivity index (χ3n) is 8.87. The molecule has 3 aliphatic rings. The number of methoxy groups -OCH3 is 2. The van der Waals surface area contributed by atoms with Gasteiger partial charge in [-0.2, -0.15) is 0 Å². The highest BCUT2D eigenvalue weighted by Crippen LogP contribution is 2.62. The molecule has 1 fully saturated rings. The van der Waals surface area contributed by atoms with Gasteiger partial charge in [-0.25, -0.2) is 0 Å². The molecule has 1 spiro atoms. The average Bonchev–Trinajstić information content (AvgIpc) is 3.46. The molecule has 1 saturated heterocycles. The Morgan fingerprint density at radius 1 is 0.833 bits per heavy atom. The van der Waals surface area contributed by atoms with Crippen LogP contribution in [0, 0.1) is 5.41 Å². The third kappa shape index (κ3) is 3.53. The number of nitrogens with zero attached hydrogens (tertiary/aromatic N) is 1. The van der Waals surface area contributed by atoms with Crippen molar-refractivity contribution >= 4 is 45.0 Å². The normalized spacial score (nSPS) is 21.2. The summed E-state index contributed by atoms with van der Waals surface area (Å²) >= 11 is 3.57. The Morgan fingerprint density at radius 3 is 2.19 bits per heavy atom. The number of carbonyl (C=O) groups excluding carboxylic acids is 3. The topological polar surface area (TPSA) is 72.9 Å². The fourth-order valence-electron chi connectivity index (χ4n) is 7.14. The molecule has 7 heteroatoms. The van der Waals surface area contributed by atoms with Gasteiger partial charge in [-0.1, -0.05) is 88.7 Å². The van der Waals surface area contributed by atoms with Crippen LogP contribution in [0.25, 0.3) is 6.08 Å². The van der Waals surface area contributed by atoms with Crippen LogP contribution in [0.1, 0.15) is 48.1 Å². The lowest BCUT2D eigenvalue weighted by Gasteiger charge is -2.37. The molecule has 2 heterocycles. The zero-order valence-corrected chi connectivity index (χ0v) is 24.5. The maximum Gasteiger partial charge on any atom is 0.185 e. The van der Waals surface area contributed by atoms with Crippen molar-refractivity contribution < 1.29 is 23.9 Å². The van der Waals surface area contributed by atoms with E-state index in [2.05, 4.69) is 15.9 Å². The number of carbonyl (C=O) groups is 3. The summed E-state index contributed by atoms with van der Waals surface area (Å²) in [5.74, 6) is -0.609. The molecule has 3 atom stereocenters. The number of ether oxygens (including phenoxy) is 2. The molecule has 2 aliphatic heterocycles. The molecule has 0 aromatic heterocycles. The zero-order chi connectivity index (χ0) is 29.2. The summed E-state index contributed by atoms with van der Waals surface area (Å²) in [4.78, 5) is 46.3. The molecule has 0 saturated carbocycles. The lowest BCUT2D eigenvalue weighted by molar-refractivity contribution is 0.0665. The van der Waals surface area contributed by atoms with Crippen molar-refractivity contribution in [3.63, 3.8) is 0 Å². The van der Waals surface area contributed by atoms with E-state index in [1.807, 2.05) is 59.5 Å². The highest BCUT2D eigenvalue weighted by Gasteiger charge is 2.72. The van der Waals surface area contributed by atoms with Crippen molar-refractivity contribution in [1.29, 1.82) is 0 Å². The van der Waals surface area contributed by atoms with Crippen LogP contribution in [0.15, 0.2) is 102 Å². The smallest absolute Gasteiger partial charge is 0.185 e. The number of rotatable bonds is 5. The second kappa shape index (κ2) is 9.81. The van der Waals surface area contributed by atoms with Crippen molar-refractivity contribution in [2.24, 2.45) is 5.41 Å². The molecule has 4 aromatic carbocycles. The minimum absolute atomic E-state index is 0.180.